The standard InChI is InChI=1S/C26H27N5O4S/c32-23(27-10-11-30-12-14-35-15-13-30)21-17-36-26(28-21)29-24(33)22(18-6-2-1-3-7-18)31-16-19-8-4-5-9-20(19)25(31)34/h1-9,17,22H,10-16H2,(H,27,32)(H,28,29,33)/t22-/m1/s1. The van der Waals surface area contributed by atoms with E-state index in [-0.39, 0.29) is 23.4 Å². The van der Waals surface area contributed by atoms with Crippen LogP contribution in [0.1, 0.15) is 38.0 Å². The van der Waals surface area contributed by atoms with Gasteiger partial charge in [-0.15, -0.1) is 11.3 Å². The summed E-state index contributed by atoms with van der Waals surface area (Å²) in [5.74, 6) is -0.852. The number of benzene rings is 2. The second-order valence-corrected chi connectivity index (χ2v) is 9.50. The largest absolute Gasteiger partial charge is 0.379 e. The predicted octanol–water partition coefficient (Wildman–Crippen LogP) is 2.54. The van der Waals surface area contributed by atoms with Crippen molar-refractivity contribution in [3.63, 3.8) is 0 Å². The molecule has 2 aliphatic heterocycles. The van der Waals surface area contributed by atoms with Crippen molar-refractivity contribution in [2.24, 2.45) is 0 Å². The van der Waals surface area contributed by atoms with Gasteiger partial charge in [-0.1, -0.05) is 48.5 Å². The molecule has 0 unspecified atom stereocenters. The Morgan fingerprint density at radius 3 is 2.58 bits per heavy atom. The van der Waals surface area contributed by atoms with Gasteiger partial charge in [0.2, 0.25) is 0 Å². The Morgan fingerprint density at radius 2 is 1.81 bits per heavy atom. The lowest BCUT2D eigenvalue weighted by molar-refractivity contribution is -0.120. The number of thiazole rings is 1. The van der Waals surface area contributed by atoms with Crippen LogP contribution in [0.4, 0.5) is 5.13 Å². The van der Waals surface area contributed by atoms with Crippen molar-refractivity contribution in [2.45, 2.75) is 12.6 Å². The van der Waals surface area contributed by atoms with E-state index in [1.165, 1.54) is 11.3 Å². The zero-order chi connectivity index (χ0) is 24.9. The number of fused-ring (bicyclic) bond motifs is 1. The van der Waals surface area contributed by atoms with Crippen molar-refractivity contribution in [3.8, 4) is 0 Å². The lowest BCUT2D eigenvalue weighted by Gasteiger charge is -2.27. The zero-order valence-electron chi connectivity index (χ0n) is 19.7. The minimum Gasteiger partial charge on any atom is -0.379 e. The Kier molecular flexibility index (Phi) is 7.36. The van der Waals surface area contributed by atoms with E-state index in [4.69, 9.17) is 4.74 Å². The van der Waals surface area contributed by atoms with Gasteiger partial charge in [0.1, 0.15) is 11.7 Å². The monoisotopic (exact) mass is 505 g/mol. The van der Waals surface area contributed by atoms with Gasteiger partial charge in [-0.25, -0.2) is 4.98 Å². The Balaban J connectivity index is 1.25. The van der Waals surface area contributed by atoms with Gasteiger partial charge in [0.25, 0.3) is 17.7 Å². The summed E-state index contributed by atoms with van der Waals surface area (Å²) in [6.07, 6.45) is 0. The van der Waals surface area contributed by atoms with Crippen LogP contribution in [-0.4, -0.2) is 71.9 Å². The average Bonchev–Trinajstić information content (AvgIpc) is 3.50. The van der Waals surface area contributed by atoms with E-state index in [1.807, 2.05) is 48.5 Å². The van der Waals surface area contributed by atoms with Crippen molar-refractivity contribution in [3.05, 3.63) is 82.4 Å². The second kappa shape index (κ2) is 11.0. The molecule has 2 aliphatic rings. The fourth-order valence-electron chi connectivity index (χ4n) is 4.45. The first-order chi connectivity index (χ1) is 17.6. The summed E-state index contributed by atoms with van der Waals surface area (Å²) in [6.45, 7) is 4.73. The van der Waals surface area contributed by atoms with E-state index in [0.29, 0.717) is 42.6 Å². The van der Waals surface area contributed by atoms with Gasteiger partial charge in [0.05, 0.1) is 13.2 Å². The molecule has 0 saturated carbocycles. The molecule has 1 fully saturated rings. The molecule has 3 amide bonds. The van der Waals surface area contributed by atoms with E-state index in [1.54, 1.807) is 16.3 Å². The van der Waals surface area contributed by atoms with Crippen LogP contribution in [0, 0.1) is 0 Å². The highest BCUT2D eigenvalue weighted by molar-refractivity contribution is 7.14. The molecule has 36 heavy (non-hydrogen) atoms. The van der Waals surface area contributed by atoms with Crippen LogP contribution < -0.4 is 10.6 Å². The lowest BCUT2D eigenvalue weighted by atomic mass is 10.0. The number of rotatable bonds is 8. The van der Waals surface area contributed by atoms with Crippen LogP contribution in [0.15, 0.2) is 60.0 Å². The molecule has 3 heterocycles. The van der Waals surface area contributed by atoms with Gasteiger partial charge in [-0.3, -0.25) is 24.6 Å². The second-order valence-electron chi connectivity index (χ2n) is 8.64. The maximum Gasteiger partial charge on any atom is 0.270 e. The number of nitrogens with one attached hydrogen (secondary N) is 2. The smallest absolute Gasteiger partial charge is 0.270 e. The Morgan fingerprint density at radius 1 is 1.06 bits per heavy atom. The minimum atomic E-state index is -0.833. The summed E-state index contributed by atoms with van der Waals surface area (Å²) >= 11 is 1.18. The minimum absolute atomic E-state index is 0.186. The Labute approximate surface area is 213 Å². The number of ether oxygens (including phenoxy) is 1. The third-order valence-corrected chi connectivity index (χ3v) is 7.07. The fourth-order valence-corrected chi connectivity index (χ4v) is 5.14. The highest BCUT2D eigenvalue weighted by atomic mass is 32.1. The van der Waals surface area contributed by atoms with Crippen molar-refractivity contribution in [2.75, 3.05) is 44.7 Å². The maximum absolute atomic E-state index is 13.5. The van der Waals surface area contributed by atoms with E-state index < -0.39 is 6.04 Å². The quantitative estimate of drug-likeness (QED) is 0.488. The number of carbonyl (C=O) groups excluding carboxylic acids is 3. The van der Waals surface area contributed by atoms with Crippen molar-refractivity contribution >= 4 is 34.2 Å². The van der Waals surface area contributed by atoms with Gasteiger partial charge >= 0.3 is 0 Å². The van der Waals surface area contributed by atoms with Crippen molar-refractivity contribution in [1.29, 1.82) is 0 Å². The van der Waals surface area contributed by atoms with E-state index in [9.17, 15) is 14.4 Å². The molecule has 0 aliphatic carbocycles. The number of morpholine rings is 1. The number of hydrogen-bond donors (Lipinski definition) is 2. The molecular weight excluding hydrogens is 478 g/mol. The van der Waals surface area contributed by atoms with Gasteiger partial charge < -0.3 is 15.0 Å². The first kappa shape index (κ1) is 24.1. The summed E-state index contributed by atoms with van der Waals surface area (Å²) in [4.78, 5) is 47.3. The predicted molar refractivity (Wildman–Crippen MR) is 136 cm³/mol. The topological polar surface area (TPSA) is 104 Å². The molecule has 2 N–H and O–H groups in total. The Hall–Kier alpha value is -3.60. The molecule has 1 aromatic heterocycles. The normalized spacial score (nSPS) is 16.4. The van der Waals surface area contributed by atoms with Gasteiger partial charge in [0, 0.05) is 43.7 Å². The summed E-state index contributed by atoms with van der Waals surface area (Å²) in [7, 11) is 0. The van der Waals surface area contributed by atoms with Crippen molar-refractivity contribution < 1.29 is 19.1 Å². The first-order valence-corrected chi connectivity index (χ1v) is 12.8. The van der Waals surface area contributed by atoms with Crippen molar-refractivity contribution in [1.82, 2.24) is 20.1 Å². The molecule has 186 valence electrons. The molecule has 3 aromatic rings. The molecular formula is C26H27N5O4S. The summed E-state index contributed by atoms with van der Waals surface area (Å²) in [5, 5.41) is 7.63. The van der Waals surface area contributed by atoms with Crippen LogP contribution in [0.25, 0.3) is 0 Å². The van der Waals surface area contributed by atoms with Crippen LogP contribution in [0.3, 0.4) is 0 Å². The van der Waals surface area contributed by atoms with Crippen LogP contribution in [0.5, 0.6) is 0 Å². The van der Waals surface area contributed by atoms with E-state index in [2.05, 4.69) is 20.5 Å². The van der Waals surface area contributed by atoms with E-state index in [0.717, 1.165) is 25.2 Å². The molecule has 10 heteroatoms. The van der Waals surface area contributed by atoms with Gasteiger partial charge in [-0.2, -0.15) is 0 Å². The SMILES string of the molecule is O=C(NCCN1CCOCC1)c1csc(NC(=O)[C@@H](c2ccccc2)N2Cc3ccccc3C2=O)n1. The molecule has 0 bridgehead atoms. The Bertz CT molecular complexity index is 1240. The number of carbonyl (C=O) groups is 3. The van der Waals surface area contributed by atoms with E-state index >= 15 is 0 Å². The molecule has 2 aromatic carbocycles. The van der Waals surface area contributed by atoms with Crippen LogP contribution >= 0.6 is 11.3 Å². The highest BCUT2D eigenvalue weighted by Gasteiger charge is 2.37. The highest BCUT2D eigenvalue weighted by Crippen LogP contribution is 2.32. The lowest BCUT2D eigenvalue weighted by Crippen LogP contribution is -2.41. The number of nitrogens with zero attached hydrogens (tertiary/aromatic N) is 3. The number of hydrogen-bond acceptors (Lipinski definition) is 7. The average molecular weight is 506 g/mol. The number of amides is 3. The third kappa shape index (κ3) is 5.30. The maximum atomic E-state index is 13.5. The zero-order valence-corrected chi connectivity index (χ0v) is 20.5. The molecule has 5 rings (SSSR count). The van der Waals surface area contributed by atoms with Gasteiger partial charge in [0.15, 0.2) is 5.13 Å². The van der Waals surface area contributed by atoms with Gasteiger partial charge in [-0.05, 0) is 17.2 Å². The first-order valence-electron chi connectivity index (χ1n) is 11.9. The third-order valence-electron chi connectivity index (χ3n) is 6.31. The molecule has 9 nitrogen and oxygen atoms in total. The number of anilines is 1. The molecule has 0 spiro atoms. The molecule has 1 atom stereocenters. The molecule has 1 saturated heterocycles. The van der Waals surface area contributed by atoms with Crippen LogP contribution in [-0.2, 0) is 16.1 Å². The fraction of sp³-hybridized carbons (Fsp3) is 0.308. The summed E-state index contributed by atoms with van der Waals surface area (Å²) < 4.78 is 5.34. The number of aromatic nitrogens is 1. The summed E-state index contributed by atoms with van der Waals surface area (Å²) in [5.41, 5.74) is 2.45. The van der Waals surface area contributed by atoms with Crippen LogP contribution in [0.2, 0.25) is 0 Å². The molecule has 0 radical (unpaired) electrons. The summed E-state index contributed by atoms with van der Waals surface area (Å²) in [6, 6.07) is 15.8.